The normalized spacial score (nSPS) is 13.4. The Labute approximate surface area is 185 Å². The molecule has 0 unspecified atom stereocenters. The van der Waals surface area contributed by atoms with Crippen LogP contribution in [0.3, 0.4) is 0 Å². The van der Waals surface area contributed by atoms with Gasteiger partial charge in [0.1, 0.15) is 11.5 Å². The average molecular weight is 439 g/mol. The summed E-state index contributed by atoms with van der Waals surface area (Å²) in [6.45, 7) is 6.31. The number of H-pyrrole nitrogens is 1. The van der Waals surface area contributed by atoms with Crippen LogP contribution in [0, 0.1) is 13.8 Å². The van der Waals surface area contributed by atoms with Gasteiger partial charge in [-0.15, -0.1) is 10.2 Å². The fourth-order valence-electron chi connectivity index (χ4n) is 3.74. The molecule has 1 aliphatic carbocycles. The highest BCUT2D eigenvalue weighted by molar-refractivity contribution is 7.99. The van der Waals surface area contributed by atoms with Crippen LogP contribution in [0.25, 0.3) is 0 Å². The third-order valence-electron chi connectivity index (χ3n) is 5.40. The monoisotopic (exact) mass is 438 g/mol. The summed E-state index contributed by atoms with van der Waals surface area (Å²) in [7, 11) is 0. The van der Waals surface area contributed by atoms with Crippen molar-refractivity contribution in [3.8, 4) is 0 Å². The number of aromatic nitrogens is 4. The highest BCUT2D eigenvalue weighted by atomic mass is 32.2. The largest absolute Gasteiger partial charge is 0.461 e. The number of aryl methyl sites for hydroxylation is 1. The second-order valence-corrected chi connectivity index (χ2v) is 8.69. The van der Waals surface area contributed by atoms with E-state index in [1.54, 1.807) is 20.8 Å². The molecular weight excluding hydrogens is 412 g/mol. The summed E-state index contributed by atoms with van der Waals surface area (Å²) in [6.07, 6.45) is 2.27. The van der Waals surface area contributed by atoms with Gasteiger partial charge in [0.25, 0.3) is 0 Å². The highest BCUT2D eigenvalue weighted by Gasteiger charge is 2.31. The van der Waals surface area contributed by atoms with Crippen molar-refractivity contribution in [2.75, 3.05) is 12.4 Å². The minimum absolute atomic E-state index is 0.0472. The number of ketones is 1. The number of rotatable bonds is 9. The van der Waals surface area contributed by atoms with Crippen LogP contribution in [0.15, 0.2) is 35.5 Å². The highest BCUT2D eigenvalue weighted by Crippen LogP contribution is 2.40. The lowest BCUT2D eigenvalue weighted by Crippen LogP contribution is -2.10. The van der Waals surface area contributed by atoms with Crippen LogP contribution in [0.4, 0.5) is 0 Å². The van der Waals surface area contributed by atoms with E-state index in [1.165, 1.54) is 17.3 Å². The van der Waals surface area contributed by atoms with Crippen LogP contribution in [-0.4, -0.2) is 43.9 Å². The molecule has 0 aliphatic heterocycles. The number of nitrogens with zero attached hydrogens (tertiary/aromatic N) is 3. The van der Waals surface area contributed by atoms with E-state index in [0.717, 1.165) is 23.8 Å². The van der Waals surface area contributed by atoms with Gasteiger partial charge in [0.05, 0.1) is 18.9 Å². The van der Waals surface area contributed by atoms with Gasteiger partial charge in [0.15, 0.2) is 10.9 Å². The van der Waals surface area contributed by atoms with Gasteiger partial charge in [-0.25, -0.2) is 4.79 Å². The molecule has 0 spiro atoms. The molecule has 1 aliphatic rings. The molecular formula is C23H26N4O3S. The van der Waals surface area contributed by atoms with E-state index in [0.29, 0.717) is 35.0 Å². The Morgan fingerprint density at radius 2 is 1.94 bits per heavy atom. The molecule has 0 atom stereocenters. The van der Waals surface area contributed by atoms with Gasteiger partial charge in [-0.3, -0.25) is 4.79 Å². The van der Waals surface area contributed by atoms with E-state index in [-0.39, 0.29) is 18.1 Å². The third kappa shape index (κ3) is 4.58. The molecule has 0 saturated heterocycles. The Bertz CT molecular complexity index is 1100. The van der Waals surface area contributed by atoms with Gasteiger partial charge in [0, 0.05) is 17.2 Å². The zero-order valence-corrected chi connectivity index (χ0v) is 18.8. The number of esters is 1. The van der Waals surface area contributed by atoms with Crippen molar-refractivity contribution in [1.29, 1.82) is 0 Å². The number of carbonyl (C=O) groups is 2. The van der Waals surface area contributed by atoms with Crippen molar-refractivity contribution in [3.63, 3.8) is 0 Å². The van der Waals surface area contributed by atoms with Crippen LogP contribution < -0.4 is 0 Å². The van der Waals surface area contributed by atoms with Crippen LogP contribution >= 0.6 is 11.8 Å². The fourth-order valence-corrected chi connectivity index (χ4v) is 4.56. The van der Waals surface area contributed by atoms with Crippen LogP contribution in [0.1, 0.15) is 69.2 Å². The predicted octanol–water partition coefficient (Wildman–Crippen LogP) is 4.30. The molecule has 1 aromatic carbocycles. The molecule has 1 fully saturated rings. The predicted molar refractivity (Wildman–Crippen MR) is 119 cm³/mol. The summed E-state index contributed by atoms with van der Waals surface area (Å²) in [5.41, 5.74) is 3.37. The van der Waals surface area contributed by atoms with Crippen molar-refractivity contribution in [2.24, 2.45) is 0 Å². The van der Waals surface area contributed by atoms with Crippen molar-refractivity contribution >= 4 is 23.5 Å². The summed E-state index contributed by atoms with van der Waals surface area (Å²) < 4.78 is 7.21. The molecule has 4 rings (SSSR count). The molecule has 1 saturated carbocycles. The molecule has 8 heteroatoms. The molecule has 0 bridgehead atoms. The van der Waals surface area contributed by atoms with Gasteiger partial charge in [0.2, 0.25) is 0 Å². The third-order valence-corrected chi connectivity index (χ3v) is 6.37. The maximum atomic E-state index is 13.0. The number of benzene rings is 1. The Kier molecular flexibility index (Phi) is 6.27. The van der Waals surface area contributed by atoms with Gasteiger partial charge < -0.3 is 14.3 Å². The summed E-state index contributed by atoms with van der Waals surface area (Å²) in [6, 6.07) is 10.2. The number of hydrogen-bond acceptors (Lipinski definition) is 6. The smallest absolute Gasteiger partial charge is 0.355 e. The minimum atomic E-state index is -0.438. The first-order chi connectivity index (χ1) is 15.0. The zero-order chi connectivity index (χ0) is 22.0. The number of ether oxygens (including phenoxy) is 1. The van der Waals surface area contributed by atoms with Crippen molar-refractivity contribution in [1.82, 2.24) is 19.7 Å². The molecule has 3 aromatic rings. The number of thioether (sulfide) groups is 1. The number of carbonyl (C=O) groups excluding carboxylic acids is 2. The van der Waals surface area contributed by atoms with E-state index >= 15 is 0 Å². The average Bonchev–Trinajstić information content (AvgIpc) is 3.45. The Morgan fingerprint density at radius 1 is 1.19 bits per heavy atom. The van der Waals surface area contributed by atoms with Crippen LogP contribution in [0.2, 0.25) is 0 Å². The van der Waals surface area contributed by atoms with E-state index in [2.05, 4.69) is 31.9 Å². The molecule has 0 radical (unpaired) electrons. The standard InChI is InChI=1S/C23H26N4O3S/c1-4-30-22(29)20-14(2)19(15(3)24-20)18(28)13-31-23-26-25-21(17-10-11-17)27(23)12-16-8-6-5-7-9-16/h5-9,17,24H,4,10-13H2,1-3H3. The van der Waals surface area contributed by atoms with E-state index < -0.39 is 5.97 Å². The van der Waals surface area contributed by atoms with E-state index in [4.69, 9.17) is 4.74 Å². The fraction of sp³-hybridized carbons (Fsp3) is 0.391. The maximum absolute atomic E-state index is 13.0. The first-order valence-electron chi connectivity index (χ1n) is 10.5. The molecule has 2 heterocycles. The number of Topliss-reactive ketones (excluding diaryl/α,β-unsaturated/α-hetero) is 1. The van der Waals surface area contributed by atoms with Crippen molar-refractivity contribution in [2.45, 2.75) is 51.2 Å². The van der Waals surface area contributed by atoms with Gasteiger partial charge >= 0.3 is 5.97 Å². The van der Waals surface area contributed by atoms with Gasteiger partial charge in [-0.1, -0.05) is 42.1 Å². The summed E-state index contributed by atoms with van der Waals surface area (Å²) >= 11 is 1.39. The van der Waals surface area contributed by atoms with Gasteiger partial charge in [-0.05, 0) is 44.7 Å². The van der Waals surface area contributed by atoms with Crippen molar-refractivity contribution in [3.05, 3.63) is 64.2 Å². The summed E-state index contributed by atoms with van der Waals surface area (Å²) in [5, 5.41) is 9.55. The summed E-state index contributed by atoms with van der Waals surface area (Å²) in [4.78, 5) is 28.2. The topological polar surface area (TPSA) is 89.9 Å². The second-order valence-electron chi connectivity index (χ2n) is 7.74. The van der Waals surface area contributed by atoms with Gasteiger partial charge in [-0.2, -0.15) is 0 Å². The Hall–Kier alpha value is -2.87. The number of aromatic amines is 1. The minimum Gasteiger partial charge on any atom is -0.461 e. The van der Waals surface area contributed by atoms with Crippen LogP contribution in [0.5, 0.6) is 0 Å². The van der Waals surface area contributed by atoms with E-state index in [1.807, 2.05) is 18.2 Å². The molecule has 31 heavy (non-hydrogen) atoms. The second kappa shape index (κ2) is 9.09. The summed E-state index contributed by atoms with van der Waals surface area (Å²) in [5.74, 6) is 1.19. The Morgan fingerprint density at radius 3 is 2.61 bits per heavy atom. The molecule has 0 amide bonds. The van der Waals surface area contributed by atoms with Crippen LogP contribution in [-0.2, 0) is 11.3 Å². The maximum Gasteiger partial charge on any atom is 0.355 e. The lowest BCUT2D eigenvalue weighted by atomic mass is 10.1. The number of hydrogen-bond donors (Lipinski definition) is 1. The lowest BCUT2D eigenvalue weighted by molar-refractivity contribution is 0.0519. The number of nitrogens with one attached hydrogen (secondary N) is 1. The SMILES string of the molecule is CCOC(=O)c1[nH]c(C)c(C(=O)CSc2nnc(C3CC3)n2Cc2ccccc2)c1C. The molecule has 2 aromatic heterocycles. The van der Waals surface area contributed by atoms with Crippen molar-refractivity contribution < 1.29 is 14.3 Å². The first-order valence-corrected chi connectivity index (χ1v) is 11.5. The quantitative estimate of drug-likeness (QED) is 0.304. The molecule has 1 N–H and O–H groups in total. The first kappa shape index (κ1) is 21.4. The molecule has 7 nitrogen and oxygen atoms in total. The van der Waals surface area contributed by atoms with E-state index in [9.17, 15) is 9.59 Å². The molecule has 162 valence electrons. The zero-order valence-electron chi connectivity index (χ0n) is 18.0. The Balaban J connectivity index is 1.52. The lowest BCUT2D eigenvalue weighted by Gasteiger charge is -2.10.